The number of ether oxygens (including phenoxy) is 1. The first kappa shape index (κ1) is 12.6. The lowest BCUT2D eigenvalue weighted by molar-refractivity contribution is -0.133. The molecule has 1 aliphatic heterocycles. The summed E-state index contributed by atoms with van der Waals surface area (Å²) in [6.07, 6.45) is 1.82. The Hall–Kier alpha value is -1.84. The van der Waals surface area contributed by atoms with Crippen molar-refractivity contribution in [2.24, 2.45) is 0 Å². The number of hydrogen-bond donors (Lipinski definition) is 0. The molecule has 0 aromatic heterocycles. The number of Topliss-reactive ketones (excluding diaryl/α,β-unsaturated/α-hetero) is 1. The van der Waals surface area contributed by atoms with E-state index in [0.717, 1.165) is 6.42 Å². The minimum Gasteiger partial charge on any atom is -0.484 e. The number of ketones is 1. The molecule has 4 heteroatoms. The molecule has 1 aromatic rings. The van der Waals surface area contributed by atoms with Crippen LogP contribution in [0.2, 0.25) is 0 Å². The van der Waals surface area contributed by atoms with Crippen molar-refractivity contribution < 1.29 is 14.3 Å². The maximum Gasteiger partial charge on any atom is 0.260 e. The van der Waals surface area contributed by atoms with Gasteiger partial charge < -0.3 is 9.64 Å². The largest absolute Gasteiger partial charge is 0.484 e. The Bertz CT molecular complexity index is 416. The van der Waals surface area contributed by atoms with E-state index in [2.05, 4.69) is 0 Å². The zero-order valence-corrected chi connectivity index (χ0v) is 10.3. The lowest BCUT2D eigenvalue weighted by Gasteiger charge is -2.19. The van der Waals surface area contributed by atoms with Crippen LogP contribution in [0.25, 0.3) is 0 Å². The predicted octanol–water partition coefficient (Wildman–Crippen LogP) is 1.65. The fourth-order valence-electron chi connectivity index (χ4n) is 1.97. The number of nitrogens with zero attached hydrogens (tertiary/aromatic N) is 1. The van der Waals surface area contributed by atoms with Crippen molar-refractivity contribution in [2.45, 2.75) is 19.3 Å². The Morgan fingerprint density at radius 3 is 2.72 bits per heavy atom. The Labute approximate surface area is 107 Å². The lowest BCUT2D eigenvalue weighted by Crippen LogP contribution is -2.35. The van der Waals surface area contributed by atoms with Crippen LogP contribution in [0.4, 0.5) is 0 Å². The van der Waals surface area contributed by atoms with Crippen molar-refractivity contribution >= 4 is 11.7 Å². The third-order valence-corrected chi connectivity index (χ3v) is 3.00. The molecule has 1 amide bonds. The SMILES string of the molecule is O=C1CCCN(C(=O)COc2ccccc2)CC1. The van der Waals surface area contributed by atoms with Crippen LogP contribution in [0.1, 0.15) is 19.3 Å². The van der Waals surface area contributed by atoms with Crippen molar-refractivity contribution in [1.82, 2.24) is 4.90 Å². The highest BCUT2D eigenvalue weighted by Crippen LogP contribution is 2.10. The zero-order valence-electron chi connectivity index (χ0n) is 10.3. The summed E-state index contributed by atoms with van der Waals surface area (Å²) < 4.78 is 5.41. The molecule has 1 heterocycles. The Balaban J connectivity index is 1.82. The molecular formula is C14H17NO3. The fraction of sp³-hybridized carbons (Fsp3) is 0.429. The van der Waals surface area contributed by atoms with Crippen LogP contribution in [0.15, 0.2) is 30.3 Å². The van der Waals surface area contributed by atoms with Crippen LogP contribution in [0, 0.1) is 0 Å². The van der Waals surface area contributed by atoms with Crippen LogP contribution >= 0.6 is 0 Å². The van der Waals surface area contributed by atoms with Gasteiger partial charge in [-0.2, -0.15) is 0 Å². The van der Waals surface area contributed by atoms with Crippen molar-refractivity contribution in [1.29, 1.82) is 0 Å². The molecule has 1 aromatic carbocycles. The third-order valence-electron chi connectivity index (χ3n) is 3.00. The van der Waals surface area contributed by atoms with E-state index in [9.17, 15) is 9.59 Å². The van der Waals surface area contributed by atoms with Gasteiger partial charge in [-0.05, 0) is 18.6 Å². The van der Waals surface area contributed by atoms with Gasteiger partial charge in [0, 0.05) is 25.9 Å². The van der Waals surface area contributed by atoms with Gasteiger partial charge in [0.15, 0.2) is 6.61 Å². The average molecular weight is 247 g/mol. The molecule has 0 atom stereocenters. The number of para-hydroxylation sites is 1. The van der Waals surface area contributed by atoms with Gasteiger partial charge in [0.2, 0.25) is 0 Å². The average Bonchev–Trinajstić information content (AvgIpc) is 2.62. The summed E-state index contributed by atoms with van der Waals surface area (Å²) in [7, 11) is 0. The number of hydrogen-bond acceptors (Lipinski definition) is 3. The molecule has 96 valence electrons. The molecule has 1 saturated heterocycles. The van der Waals surface area contributed by atoms with E-state index in [1.54, 1.807) is 4.90 Å². The first-order chi connectivity index (χ1) is 8.75. The first-order valence-electron chi connectivity index (χ1n) is 6.23. The summed E-state index contributed by atoms with van der Waals surface area (Å²) in [6.45, 7) is 1.22. The van der Waals surface area contributed by atoms with Crippen LogP contribution < -0.4 is 4.74 Å². The molecule has 0 bridgehead atoms. The summed E-state index contributed by atoms with van der Waals surface area (Å²) >= 11 is 0. The van der Waals surface area contributed by atoms with E-state index in [1.165, 1.54) is 0 Å². The smallest absolute Gasteiger partial charge is 0.260 e. The lowest BCUT2D eigenvalue weighted by atomic mass is 10.2. The monoisotopic (exact) mass is 247 g/mol. The highest BCUT2D eigenvalue weighted by Gasteiger charge is 2.18. The fourth-order valence-corrected chi connectivity index (χ4v) is 1.97. The van der Waals surface area contributed by atoms with Crippen molar-refractivity contribution in [2.75, 3.05) is 19.7 Å². The molecule has 0 unspecified atom stereocenters. The van der Waals surface area contributed by atoms with E-state index < -0.39 is 0 Å². The Morgan fingerprint density at radius 2 is 1.94 bits per heavy atom. The number of carbonyl (C=O) groups is 2. The molecule has 1 fully saturated rings. The minimum atomic E-state index is -0.0476. The normalized spacial score (nSPS) is 16.2. The van der Waals surface area contributed by atoms with Crippen LogP contribution in [0.3, 0.4) is 0 Å². The third kappa shape index (κ3) is 3.58. The summed E-state index contributed by atoms with van der Waals surface area (Å²) in [6, 6.07) is 9.27. The zero-order chi connectivity index (χ0) is 12.8. The number of carbonyl (C=O) groups excluding carboxylic acids is 2. The second-order valence-corrected chi connectivity index (χ2v) is 4.37. The van der Waals surface area contributed by atoms with Crippen LogP contribution in [-0.2, 0) is 9.59 Å². The van der Waals surface area contributed by atoms with E-state index in [-0.39, 0.29) is 18.3 Å². The highest BCUT2D eigenvalue weighted by atomic mass is 16.5. The van der Waals surface area contributed by atoms with Gasteiger partial charge in [0.05, 0.1) is 0 Å². The number of benzene rings is 1. The van der Waals surface area contributed by atoms with Crippen LogP contribution in [0.5, 0.6) is 5.75 Å². The molecule has 0 radical (unpaired) electrons. The number of rotatable bonds is 3. The van der Waals surface area contributed by atoms with Gasteiger partial charge in [-0.3, -0.25) is 9.59 Å². The van der Waals surface area contributed by atoms with E-state index in [0.29, 0.717) is 31.7 Å². The molecule has 0 aliphatic carbocycles. The summed E-state index contributed by atoms with van der Waals surface area (Å²) in [4.78, 5) is 24.9. The first-order valence-corrected chi connectivity index (χ1v) is 6.23. The summed E-state index contributed by atoms with van der Waals surface area (Å²) in [5.41, 5.74) is 0. The minimum absolute atomic E-state index is 0.0399. The van der Waals surface area contributed by atoms with E-state index in [1.807, 2.05) is 30.3 Å². The van der Waals surface area contributed by atoms with Crippen molar-refractivity contribution in [3.05, 3.63) is 30.3 Å². The molecule has 0 saturated carbocycles. The molecule has 18 heavy (non-hydrogen) atoms. The van der Waals surface area contributed by atoms with Gasteiger partial charge in [0.1, 0.15) is 11.5 Å². The van der Waals surface area contributed by atoms with Gasteiger partial charge in [0.25, 0.3) is 5.91 Å². The van der Waals surface area contributed by atoms with E-state index in [4.69, 9.17) is 4.74 Å². The number of likely N-dealkylation sites (tertiary alicyclic amines) is 1. The maximum atomic E-state index is 11.9. The predicted molar refractivity (Wildman–Crippen MR) is 67.4 cm³/mol. The van der Waals surface area contributed by atoms with Gasteiger partial charge in [-0.25, -0.2) is 0 Å². The Morgan fingerprint density at radius 1 is 1.17 bits per heavy atom. The van der Waals surface area contributed by atoms with Crippen molar-refractivity contribution in [3.63, 3.8) is 0 Å². The van der Waals surface area contributed by atoms with Gasteiger partial charge >= 0.3 is 0 Å². The van der Waals surface area contributed by atoms with Crippen LogP contribution in [-0.4, -0.2) is 36.3 Å². The topological polar surface area (TPSA) is 46.6 Å². The molecule has 4 nitrogen and oxygen atoms in total. The van der Waals surface area contributed by atoms with Crippen molar-refractivity contribution in [3.8, 4) is 5.75 Å². The Kier molecular flexibility index (Phi) is 4.34. The standard InChI is InChI=1S/C14H17NO3/c16-12-5-4-9-15(10-8-12)14(17)11-18-13-6-2-1-3-7-13/h1-3,6-7H,4-5,8-11H2. The van der Waals surface area contributed by atoms with Gasteiger partial charge in [-0.15, -0.1) is 0 Å². The molecule has 1 aliphatic rings. The molecule has 0 N–H and O–H groups in total. The molecule has 2 rings (SSSR count). The summed E-state index contributed by atoms with van der Waals surface area (Å²) in [5, 5.41) is 0. The molecule has 0 spiro atoms. The summed E-state index contributed by atoms with van der Waals surface area (Å²) in [5.74, 6) is 0.888. The van der Waals surface area contributed by atoms with Gasteiger partial charge in [-0.1, -0.05) is 18.2 Å². The second-order valence-electron chi connectivity index (χ2n) is 4.37. The second kappa shape index (κ2) is 6.19. The highest BCUT2D eigenvalue weighted by molar-refractivity contribution is 5.82. The molecular weight excluding hydrogens is 230 g/mol. The maximum absolute atomic E-state index is 11.9. The quantitative estimate of drug-likeness (QED) is 0.816. The number of amides is 1. The van der Waals surface area contributed by atoms with E-state index >= 15 is 0 Å².